The van der Waals surface area contributed by atoms with Gasteiger partial charge in [0.2, 0.25) is 5.91 Å². The van der Waals surface area contributed by atoms with E-state index in [0.717, 1.165) is 28.6 Å². The van der Waals surface area contributed by atoms with Gasteiger partial charge in [-0.05, 0) is 42.3 Å². The molecular formula is C22H17FN2O5S. The van der Waals surface area contributed by atoms with E-state index in [-0.39, 0.29) is 10.6 Å². The quantitative estimate of drug-likeness (QED) is 0.340. The molecule has 1 heterocycles. The van der Waals surface area contributed by atoms with Crippen LogP contribution < -0.4 is 0 Å². The summed E-state index contributed by atoms with van der Waals surface area (Å²) in [6, 6.07) is 17.5. The van der Waals surface area contributed by atoms with Gasteiger partial charge in [-0.3, -0.25) is 14.9 Å². The van der Waals surface area contributed by atoms with E-state index in [1.807, 2.05) is 0 Å². The smallest absolute Gasteiger partial charge is 0.269 e. The molecule has 0 spiro atoms. The summed E-state index contributed by atoms with van der Waals surface area (Å²) in [6.45, 7) is 1.65. The van der Waals surface area contributed by atoms with Gasteiger partial charge in [0.15, 0.2) is 0 Å². The average Bonchev–Trinajstić information content (AvgIpc) is 2.77. The number of carbonyl (C=O) groups excluding carboxylic acids is 1. The van der Waals surface area contributed by atoms with Crippen molar-refractivity contribution in [3.63, 3.8) is 0 Å². The normalized spacial score (nSPS) is 20.9. The number of nitrogens with zero attached hydrogens (tertiary/aromatic N) is 2. The Balaban J connectivity index is 1.83. The molecule has 0 saturated carbocycles. The van der Waals surface area contributed by atoms with Gasteiger partial charge < -0.3 is 0 Å². The lowest BCUT2D eigenvalue weighted by Gasteiger charge is -2.53. The number of β-lactam (4-membered cyclic amide) rings is 1. The minimum Gasteiger partial charge on any atom is -0.273 e. The summed E-state index contributed by atoms with van der Waals surface area (Å²) in [5.74, 6) is -1.12. The van der Waals surface area contributed by atoms with Crippen molar-refractivity contribution in [2.75, 3.05) is 0 Å². The number of rotatable bonds is 5. The Bertz CT molecular complexity index is 1260. The fourth-order valence-corrected chi connectivity index (χ4v) is 5.64. The number of sulfonamides is 1. The highest BCUT2D eigenvalue weighted by molar-refractivity contribution is 7.89. The topological polar surface area (TPSA) is 97.6 Å². The molecule has 1 saturated heterocycles. The minimum absolute atomic E-state index is 0.242. The highest BCUT2D eigenvalue weighted by Crippen LogP contribution is 2.53. The van der Waals surface area contributed by atoms with E-state index < -0.39 is 38.1 Å². The predicted octanol–water partition coefficient (Wildman–Crippen LogP) is 3.96. The van der Waals surface area contributed by atoms with Crippen LogP contribution in [0.5, 0.6) is 0 Å². The summed E-state index contributed by atoms with van der Waals surface area (Å²) < 4.78 is 41.0. The molecule has 0 bridgehead atoms. The molecule has 3 aromatic rings. The number of carbonyl (C=O) groups is 1. The third-order valence-electron chi connectivity index (χ3n) is 5.59. The molecule has 2 atom stereocenters. The Labute approximate surface area is 178 Å². The molecule has 3 aromatic carbocycles. The van der Waals surface area contributed by atoms with E-state index in [2.05, 4.69) is 0 Å². The number of hydrogen-bond acceptors (Lipinski definition) is 5. The van der Waals surface area contributed by atoms with Crippen LogP contribution in [0.25, 0.3) is 0 Å². The molecule has 1 amide bonds. The highest BCUT2D eigenvalue weighted by atomic mass is 32.2. The largest absolute Gasteiger partial charge is 0.273 e. The molecule has 1 aliphatic rings. The SMILES string of the molecule is C[C@@]1(c2ccccc2)C(=O)N(S(=O)(=O)c2ccc([N+](=O)[O-])cc2)[C@@H]1c1ccc(F)cc1. The van der Waals surface area contributed by atoms with E-state index in [1.54, 1.807) is 37.3 Å². The maximum absolute atomic E-state index is 13.5. The van der Waals surface area contributed by atoms with Gasteiger partial charge in [0.05, 0.1) is 21.3 Å². The second-order valence-electron chi connectivity index (χ2n) is 7.38. The van der Waals surface area contributed by atoms with Crippen molar-refractivity contribution < 1.29 is 22.5 Å². The van der Waals surface area contributed by atoms with Crippen molar-refractivity contribution in [1.82, 2.24) is 4.31 Å². The Hall–Kier alpha value is -3.59. The van der Waals surface area contributed by atoms with Crippen LogP contribution in [-0.4, -0.2) is 23.6 Å². The van der Waals surface area contributed by atoms with Gasteiger partial charge in [0, 0.05) is 12.1 Å². The first-order chi connectivity index (χ1) is 14.7. The molecular weight excluding hydrogens is 423 g/mol. The Morgan fingerprint density at radius 2 is 1.55 bits per heavy atom. The fraction of sp³-hybridized carbons (Fsp3) is 0.136. The molecule has 1 aliphatic heterocycles. The van der Waals surface area contributed by atoms with Crippen molar-refractivity contribution in [2.24, 2.45) is 0 Å². The summed E-state index contributed by atoms with van der Waals surface area (Å²) in [5.41, 5.74) is -0.368. The maximum atomic E-state index is 13.5. The molecule has 0 radical (unpaired) electrons. The van der Waals surface area contributed by atoms with Gasteiger partial charge in [0.25, 0.3) is 15.7 Å². The van der Waals surface area contributed by atoms with Crippen molar-refractivity contribution in [3.8, 4) is 0 Å². The molecule has 0 aliphatic carbocycles. The van der Waals surface area contributed by atoms with Crippen LogP contribution >= 0.6 is 0 Å². The summed E-state index contributed by atoms with van der Waals surface area (Å²) in [7, 11) is -4.31. The second-order valence-corrected chi connectivity index (χ2v) is 9.19. The number of halogens is 1. The van der Waals surface area contributed by atoms with Crippen molar-refractivity contribution in [3.05, 3.63) is 106 Å². The van der Waals surface area contributed by atoms with Crippen molar-refractivity contribution >= 4 is 21.6 Å². The molecule has 0 aromatic heterocycles. The van der Waals surface area contributed by atoms with Crippen LogP contribution in [0.15, 0.2) is 83.8 Å². The van der Waals surface area contributed by atoms with Crippen LogP contribution in [0.4, 0.5) is 10.1 Å². The fourth-order valence-electron chi connectivity index (χ4n) is 3.91. The molecule has 158 valence electrons. The zero-order valence-electron chi connectivity index (χ0n) is 16.3. The lowest BCUT2D eigenvalue weighted by atomic mass is 9.66. The molecule has 9 heteroatoms. The second kappa shape index (κ2) is 7.28. The summed E-state index contributed by atoms with van der Waals surface area (Å²) in [5, 5.41) is 10.9. The monoisotopic (exact) mass is 440 g/mol. The number of amides is 1. The first kappa shape index (κ1) is 20.7. The summed E-state index contributed by atoms with van der Waals surface area (Å²) in [6.07, 6.45) is 0. The zero-order chi connectivity index (χ0) is 22.4. The van der Waals surface area contributed by atoms with Crippen LogP contribution in [-0.2, 0) is 20.2 Å². The van der Waals surface area contributed by atoms with Crippen molar-refractivity contribution in [1.29, 1.82) is 0 Å². The lowest BCUT2D eigenvalue weighted by molar-refractivity contribution is -0.384. The molecule has 0 unspecified atom stereocenters. The molecule has 31 heavy (non-hydrogen) atoms. The third kappa shape index (κ3) is 3.17. The van der Waals surface area contributed by atoms with Gasteiger partial charge in [-0.1, -0.05) is 42.5 Å². The number of nitro benzene ring substituents is 1. The molecule has 7 nitrogen and oxygen atoms in total. The summed E-state index contributed by atoms with van der Waals surface area (Å²) >= 11 is 0. The maximum Gasteiger partial charge on any atom is 0.269 e. The summed E-state index contributed by atoms with van der Waals surface area (Å²) in [4.78, 5) is 23.3. The van der Waals surface area contributed by atoms with Crippen molar-refractivity contribution in [2.45, 2.75) is 23.3 Å². The zero-order valence-corrected chi connectivity index (χ0v) is 17.1. The Morgan fingerprint density at radius 1 is 0.968 bits per heavy atom. The highest BCUT2D eigenvalue weighted by Gasteiger charge is 2.63. The van der Waals surface area contributed by atoms with Crippen LogP contribution in [0, 0.1) is 15.9 Å². The number of non-ortho nitro benzene ring substituents is 1. The van der Waals surface area contributed by atoms with Gasteiger partial charge in [0.1, 0.15) is 5.82 Å². The van der Waals surface area contributed by atoms with Gasteiger partial charge in [-0.15, -0.1) is 0 Å². The van der Waals surface area contributed by atoms with E-state index >= 15 is 0 Å². The van der Waals surface area contributed by atoms with E-state index in [0.29, 0.717) is 11.1 Å². The predicted molar refractivity (Wildman–Crippen MR) is 110 cm³/mol. The van der Waals surface area contributed by atoms with Gasteiger partial charge in [-0.2, -0.15) is 0 Å². The van der Waals surface area contributed by atoms with E-state index in [1.165, 1.54) is 24.3 Å². The van der Waals surface area contributed by atoms with Crippen LogP contribution in [0.1, 0.15) is 24.1 Å². The van der Waals surface area contributed by atoms with Gasteiger partial charge in [-0.25, -0.2) is 17.1 Å². The minimum atomic E-state index is -4.31. The number of nitro groups is 1. The first-order valence-corrected chi connectivity index (χ1v) is 10.8. The molecule has 4 rings (SSSR count). The van der Waals surface area contributed by atoms with E-state index in [4.69, 9.17) is 0 Å². The van der Waals surface area contributed by atoms with Gasteiger partial charge >= 0.3 is 0 Å². The number of hydrogen-bond donors (Lipinski definition) is 0. The lowest BCUT2D eigenvalue weighted by Crippen LogP contribution is -2.66. The Kier molecular flexibility index (Phi) is 4.85. The van der Waals surface area contributed by atoms with E-state index in [9.17, 15) is 27.7 Å². The van der Waals surface area contributed by atoms with Crippen LogP contribution in [0.3, 0.4) is 0 Å². The third-order valence-corrected chi connectivity index (χ3v) is 7.35. The molecule has 1 fully saturated rings. The standard InChI is InChI=1S/C22H17FN2O5S/c1-22(16-5-3-2-4-6-16)20(15-7-9-17(23)10-8-15)24(21(22)26)31(29,30)19-13-11-18(12-14-19)25(27)28/h2-14,20H,1H3/t20-,22+/m1/s1. The Morgan fingerprint density at radius 3 is 2.10 bits per heavy atom. The average molecular weight is 440 g/mol. The first-order valence-electron chi connectivity index (χ1n) is 9.31. The number of benzene rings is 3. The molecule has 0 N–H and O–H groups in total. The van der Waals surface area contributed by atoms with Crippen LogP contribution in [0.2, 0.25) is 0 Å².